The van der Waals surface area contributed by atoms with Crippen LogP contribution in [-0.4, -0.2) is 149 Å². The van der Waals surface area contributed by atoms with Gasteiger partial charge in [-0.15, -0.1) is 13.2 Å². The minimum atomic E-state index is -2.63. The van der Waals surface area contributed by atoms with Gasteiger partial charge >= 0.3 is 36.2 Å². The van der Waals surface area contributed by atoms with Gasteiger partial charge in [0.25, 0.3) is 10.5 Å². The molecular weight excluding hydrogens is 939 g/mol. The van der Waals surface area contributed by atoms with Gasteiger partial charge in [0.05, 0.1) is 19.6 Å². The zero-order chi connectivity index (χ0) is 50.7. The summed E-state index contributed by atoms with van der Waals surface area (Å²) in [6.07, 6.45) is 5.47. The van der Waals surface area contributed by atoms with E-state index in [0.29, 0.717) is 80.5 Å². The highest BCUT2D eigenvalue weighted by Crippen LogP contribution is 2.20. The molecule has 0 bridgehead atoms. The summed E-state index contributed by atoms with van der Waals surface area (Å²) in [7, 11) is -4.37. The van der Waals surface area contributed by atoms with E-state index in [9.17, 15) is 28.8 Å². The molecule has 18 nitrogen and oxygen atoms in total. The van der Waals surface area contributed by atoms with Crippen LogP contribution in [0.25, 0.3) is 0 Å². The molecule has 2 N–H and O–H groups in total. The Bertz CT molecular complexity index is 1360. The lowest BCUT2D eigenvalue weighted by atomic mass is 10.4. The van der Waals surface area contributed by atoms with Crippen molar-refractivity contribution in [3.63, 3.8) is 0 Å². The molecule has 0 aromatic rings. The number of esters is 3. The predicted molar refractivity (Wildman–Crippen MR) is 268 cm³/mol. The average molecular weight is 1020 g/mol. The lowest BCUT2D eigenvalue weighted by Crippen LogP contribution is -2.46. The van der Waals surface area contributed by atoms with Crippen molar-refractivity contribution in [1.82, 2.24) is 10.6 Å². The first-order chi connectivity index (χ1) is 30.9. The van der Waals surface area contributed by atoms with E-state index >= 15 is 0 Å². The molecule has 0 aromatic heterocycles. The summed E-state index contributed by atoms with van der Waals surface area (Å²) in [6, 6.07) is 0.680. The van der Waals surface area contributed by atoms with Crippen LogP contribution in [0.15, 0.2) is 66.8 Å². The molecule has 0 spiro atoms. The highest BCUT2D eigenvalue weighted by Gasteiger charge is 2.39. The van der Waals surface area contributed by atoms with Crippen molar-refractivity contribution in [2.45, 2.75) is 74.8 Å². The number of thioether (sulfide) groups is 2. The molecule has 0 radical (unpaired) electrons. The van der Waals surface area contributed by atoms with Gasteiger partial charge in [0, 0.05) is 79.7 Å². The minimum Gasteiger partial charge on any atom is -0.460 e. The lowest BCUT2D eigenvalue weighted by Gasteiger charge is -2.28. The van der Waals surface area contributed by atoms with Gasteiger partial charge in [-0.1, -0.05) is 55.4 Å². The molecule has 2 amide bonds. The second-order valence-corrected chi connectivity index (χ2v) is 18.5. The number of amides is 2. The van der Waals surface area contributed by atoms with Crippen LogP contribution in [0.1, 0.15) is 68.7 Å². The number of nitrogens with zero attached hydrogens (tertiary/aromatic N) is 1. The number of carbonyl (C=O) groups excluding carboxylic acids is 6. The van der Waals surface area contributed by atoms with Gasteiger partial charge in [0.15, 0.2) is 0 Å². The molecule has 0 atom stereocenters. The third kappa shape index (κ3) is 53.2. The number of hydrogen-bond acceptors (Lipinski definition) is 19. The van der Waals surface area contributed by atoms with Crippen LogP contribution >= 0.6 is 36.2 Å². The number of nitrogens with one attached hydrogen (secondary N) is 2. The molecule has 0 aromatic carbocycles. The van der Waals surface area contributed by atoms with E-state index in [-0.39, 0.29) is 43.4 Å². The van der Waals surface area contributed by atoms with E-state index in [0.717, 1.165) is 23.9 Å². The first kappa shape index (κ1) is 70.7. The Morgan fingerprint density at radius 3 is 1.37 bits per heavy atom. The van der Waals surface area contributed by atoms with Gasteiger partial charge in [-0.2, -0.15) is 12.6 Å². The van der Waals surface area contributed by atoms with Crippen LogP contribution in [0.5, 0.6) is 0 Å². The molecular formula is C42H77N3O15S3Si2. The van der Waals surface area contributed by atoms with Gasteiger partial charge in [0.2, 0.25) is 6.08 Å². The summed E-state index contributed by atoms with van der Waals surface area (Å²) in [5.74, 6) is 0.622. The fourth-order valence-corrected chi connectivity index (χ4v) is 8.56. The largest absolute Gasteiger partial charge is 0.500 e. The zero-order valence-electron chi connectivity index (χ0n) is 40.1. The van der Waals surface area contributed by atoms with Crippen LogP contribution < -0.4 is 10.6 Å². The number of hydrogen-bond donors (Lipinski definition) is 3. The first-order valence-electron chi connectivity index (χ1n) is 20.8. The number of ether oxygens (including phenoxy) is 3. The molecule has 65 heavy (non-hydrogen) atoms. The second kappa shape index (κ2) is 53.3. The van der Waals surface area contributed by atoms with Crippen LogP contribution in [-0.2, 0) is 59.9 Å². The standard InChI is InChI=1S/C16H31NO6SSi.C10H15NO3S.C7H9NO3.C6H16O3Si.C3H6S/c1-6-21-25(22-7-2,23-8-3)13-9-12-24-16(19)17-10-11-20-15(18)14(4)5;1-4-7-15-10(13)11-5-6-14-9(12)8(2)3;1-6(2)7(10)11-4-3-8-5-9;1-4-7-10(8-5-2)9-6-3;1-2-3-4/h4,6-13H2,1-3,5H3,(H,17,19);4H,1-2,5-7H2,3H3,(H,11,13);1,3-4H2,2H3;10H,4-6H2,1-3H3;2,4H,1,3H2. The van der Waals surface area contributed by atoms with E-state index in [1.54, 1.807) is 32.9 Å². The van der Waals surface area contributed by atoms with Crippen molar-refractivity contribution >= 4 is 89.0 Å². The van der Waals surface area contributed by atoms with E-state index in [1.165, 1.54) is 17.8 Å². The molecule has 0 saturated carbocycles. The maximum absolute atomic E-state index is 11.7. The maximum Gasteiger partial charge on any atom is 0.500 e. The van der Waals surface area contributed by atoms with E-state index in [2.05, 4.69) is 65.9 Å². The second-order valence-electron chi connectivity index (χ2n) is 11.8. The van der Waals surface area contributed by atoms with Crippen molar-refractivity contribution < 1.29 is 69.5 Å². The number of isocyanates is 1. The number of carbonyl (C=O) groups is 5. The highest BCUT2D eigenvalue weighted by molar-refractivity contribution is 8.13. The average Bonchev–Trinajstić information content (AvgIpc) is 3.27. The molecule has 0 rings (SSSR count). The molecule has 0 aliphatic heterocycles. The normalized spacial score (nSPS) is 9.83. The van der Waals surface area contributed by atoms with Crippen molar-refractivity contribution in [2.24, 2.45) is 4.99 Å². The van der Waals surface area contributed by atoms with Gasteiger partial charge in [-0.05, 0) is 68.7 Å². The van der Waals surface area contributed by atoms with E-state index < -0.39 is 36.2 Å². The topological polar surface area (TPSA) is 222 Å². The molecule has 0 fully saturated rings. The van der Waals surface area contributed by atoms with Gasteiger partial charge in [-0.3, -0.25) is 9.59 Å². The van der Waals surface area contributed by atoms with Crippen LogP contribution in [0.4, 0.5) is 9.59 Å². The van der Waals surface area contributed by atoms with Crippen molar-refractivity contribution in [3.05, 3.63) is 61.8 Å². The summed E-state index contributed by atoms with van der Waals surface area (Å²) in [5.41, 5.74) is 1.02. The summed E-state index contributed by atoms with van der Waals surface area (Å²) in [5, 5.41) is 4.96. The number of rotatable bonds is 31. The SMILES string of the molecule is C=C(C)C(=O)OCCN=C=O.C=C(C)C(=O)OCCNC(=O)SCCC[Si](OCC)(OCC)OCC.C=CCS.C=CCSC(=O)NCCOC(=O)C(=C)C.CCO[SiH](OCC)OCC. The summed E-state index contributed by atoms with van der Waals surface area (Å²) in [6.45, 7) is 38.3. The third-order valence-corrected chi connectivity index (χ3v) is 13.0. The molecule has 0 heterocycles. The van der Waals surface area contributed by atoms with E-state index in [4.69, 9.17) is 36.0 Å². The Kier molecular flexibility index (Phi) is 58.0. The van der Waals surface area contributed by atoms with Gasteiger partial charge in [0.1, 0.15) is 19.8 Å². The molecule has 0 unspecified atom stereocenters. The third-order valence-electron chi connectivity index (χ3n) is 6.08. The zero-order valence-corrected chi connectivity index (χ0v) is 44.8. The molecule has 23 heteroatoms. The van der Waals surface area contributed by atoms with Crippen LogP contribution in [0.2, 0.25) is 6.04 Å². The summed E-state index contributed by atoms with van der Waals surface area (Å²) in [4.78, 5) is 68.2. The van der Waals surface area contributed by atoms with Gasteiger partial charge < -0.3 is 51.4 Å². The Morgan fingerprint density at radius 2 is 1.05 bits per heavy atom. The van der Waals surface area contributed by atoms with E-state index in [1.807, 2.05) is 41.5 Å². The molecule has 0 aliphatic rings. The molecule has 0 aliphatic carbocycles. The molecule has 0 saturated heterocycles. The predicted octanol–water partition coefficient (Wildman–Crippen LogP) is 7.08. The highest BCUT2D eigenvalue weighted by atomic mass is 32.2. The first-order valence-corrected chi connectivity index (χ1v) is 26.8. The minimum absolute atomic E-state index is 0.0981. The summed E-state index contributed by atoms with van der Waals surface area (Å²) >= 11 is 6.10. The Labute approximate surface area is 405 Å². The van der Waals surface area contributed by atoms with Gasteiger partial charge in [-0.25, -0.2) is 24.2 Å². The smallest absolute Gasteiger partial charge is 0.460 e. The fraction of sp³-hybridized carbons (Fsp3) is 0.619. The monoisotopic (exact) mass is 1020 g/mol. The fourth-order valence-electron chi connectivity index (χ4n) is 3.44. The summed E-state index contributed by atoms with van der Waals surface area (Å²) < 4.78 is 47.2. The van der Waals surface area contributed by atoms with Crippen molar-refractivity contribution in [1.29, 1.82) is 0 Å². The van der Waals surface area contributed by atoms with Crippen LogP contribution in [0, 0.1) is 0 Å². The maximum atomic E-state index is 11.7. The Hall–Kier alpha value is -3.33. The molecule has 376 valence electrons. The quantitative estimate of drug-likeness (QED) is 0.00727. The van der Waals surface area contributed by atoms with Crippen molar-refractivity contribution in [3.8, 4) is 0 Å². The number of aliphatic imine (C=N–C) groups is 1. The number of thiol groups is 1. The van der Waals surface area contributed by atoms with Crippen molar-refractivity contribution in [2.75, 3.05) is 96.4 Å². The lowest BCUT2D eigenvalue weighted by molar-refractivity contribution is -0.139. The Balaban J connectivity index is -0.000000256. The van der Waals surface area contributed by atoms with Crippen LogP contribution in [0.3, 0.4) is 0 Å². The Morgan fingerprint density at radius 1 is 0.662 bits per heavy atom.